The minimum atomic E-state index is -4.48. The van der Waals surface area contributed by atoms with Crippen LogP contribution in [-0.4, -0.2) is 34.4 Å². The van der Waals surface area contributed by atoms with E-state index in [1.165, 1.54) is 36.1 Å². The van der Waals surface area contributed by atoms with E-state index < -0.39 is 24.6 Å². The third-order valence-corrected chi connectivity index (χ3v) is 2.92. The van der Waals surface area contributed by atoms with Crippen molar-refractivity contribution in [2.75, 3.05) is 11.9 Å². The van der Waals surface area contributed by atoms with Crippen LogP contribution in [0.15, 0.2) is 30.5 Å². The van der Waals surface area contributed by atoms with Crippen molar-refractivity contribution < 1.29 is 27.5 Å². The van der Waals surface area contributed by atoms with Crippen LogP contribution >= 0.6 is 0 Å². The number of nitrogens with two attached hydrogens (primary N) is 1. The van der Waals surface area contributed by atoms with Gasteiger partial charge in [0.2, 0.25) is 0 Å². The number of alkyl halides is 3. The van der Waals surface area contributed by atoms with Gasteiger partial charge in [-0.3, -0.25) is 14.3 Å². The summed E-state index contributed by atoms with van der Waals surface area (Å²) in [6.45, 7) is -1.47. The summed E-state index contributed by atoms with van der Waals surface area (Å²) in [4.78, 5) is 23.5. The highest BCUT2D eigenvalue weighted by Gasteiger charge is 2.28. The molecule has 0 saturated carbocycles. The molecular formula is C14H13F3N4O3. The van der Waals surface area contributed by atoms with Crippen LogP contribution in [0, 0.1) is 0 Å². The molecule has 0 unspecified atom stereocenters. The molecule has 0 aliphatic rings. The summed E-state index contributed by atoms with van der Waals surface area (Å²) < 4.78 is 42.2. The van der Waals surface area contributed by atoms with Crippen LogP contribution in [0.1, 0.15) is 20.8 Å². The fraction of sp³-hybridized carbons (Fsp3) is 0.214. The van der Waals surface area contributed by atoms with Gasteiger partial charge in [-0.05, 0) is 18.2 Å². The zero-order valence-electron chi connectivity index (χ0n) is 12.4. The highest BCUT2D eigenvalue weighted by atomic mass is 19.4. The number of halogens is 3. The number of ether oxygens (including phenoxy) is 1. The molecule has 0 radical (unpaired) electrons. The standard InChI is InChI=1S/C14H13F3N4O3/c1-21-11(12(18)22)10(6-19-21)20-13(23)8-3-2-4-9(5-8)24-7-14(15,16)17/h2-6H,7H2,1H3,(H2,18,22)(H,20,23). The van der Waals surface area contributed by atoms with Gasteiger partial charge in [0, 0.05) is 12.6 Å². The largest absolute Gasteiger partial charge is 0.484 e. The molecule has 128 valence electrons. The number of carbonyl (C=O) groups is 2. The molecule has 0 bridgehead atoms. The summed E-state index contributed by atoms with van der Waals surface area (Å²) in [5, 5.41) is 6.24. The monoisotopic (exact) mass is 342 g/mol. The molecule has 1 heterocycles. The van der Waals surface area contributed by atoms with E-state index in [-0.39, 0.29) is 22.7 Å². The van der Waals surface area contributed by atoms with Crippen LogP contribution in [0.3, 0.4) is 0 Å². The highest BCUT2D eigenvalue weighted by molar-refractivity contribution is 6.08. The quantitative estimate of drug-likeness (QED) is 0.864. The van der Waals surface area contributed by atoms with E-state index in [0.29, 0.717) is 0 Å². The SMILES string of the molecule is Cn1ncc(NC(=O)c2cccc(OCC(F)(F)F)c2)c1C(N)=O. The minimum absolute atomic E-state index is 0.00664. The van der Waals surface area contributed by atoms with Gasteiger partial charge < -0.3 is 15.8 Å². The molecule has 0 atom stereocenters. The Kier molecular flexibility index (Phi) is 4.77. The fourth-order valence-electron chi connectivity index (χ4n) is 1.91. The van der Waals surface area contributed by atoms with Crippen molar-refractivity contribution in [1.82, 2.24) is 9.78 Å². The van der Waals surface area contributed by atoms with Gasteiger partial charge in [0.1, 0.15) is 11.4 Å². The Balaban J connectivity index is 2.15. The second kappa shape index (κ2) is 6.60. The van der Waals surface area contributed by atoms with Gasteiger partial charge in [-0.1, -0.05) is 6.07 Å². The number of benzene rings is 1. The number of hydrogen-bond donors (Lipinski definition) is 2. The lowest BCUT2D eigenvalue weighted by Gasteiger charge is -2.10. The molecule has 7 nitrogen and oxygen atoms in total. The molecule has 2 amide bonds. The molecular weight excluding hydrogens is 329 g/mol. The first kappa shape index (κ1) is 17.3. The highest BCUT2D eigenvalue weighted by Crippen LogP contribution is 2.20. The van der Waals surface area contributed by atoms with Crippen LogP contribution in [-0.2, 0) is 7.05 Å². The minimum Gasteiger partial charge on any atom is -0.484 e. The number of primary amides is 1. The van der Waals surface area contributed by atoms with E-state index >= 15 is 0 Å². The Morgan fingerprint density at radius 3 is 2.71 bits per heavy atom. The maximum absolute atomic E-state index is 12.2. The predicted molar refractivity (Wildman–Crippen MR) is 77.7 cm³/mol. The van der Waals surface area contributed by atoms with Gasteiger partial charge in [-0.25, -0.2) is 0 Å². The zero-order valence-corrected chi connectivity index (χ0v) is 12.4. The maximum Gasteiger partial charge on any atom is 0.422 e. The average molecular weight is 342 g/mol. The van der Waals surface area contributed by atoms with E-state index in [0.717, 1.165) is 6.07 Å². The summed E-state index contributed by atoms with van der Waals surface area (Å²) >= 11 is 0. The van der Waals surface area contributed by atoms with Crippen LogP contribution in [0.25, 0.3) is 0 Å². The molecule has 0 aliphatic carbocycles. The van der Waals surface area contributed by atoms with Crippen molar-refractivity contribution in [2.45, 2.75) is 6.18 Å². The van der Waals surface area contributed by atoms with Crippen LogP contribution < -0.4 is 15.8 Å². The Hall–Kier alpha value is -3.04. The Labute approximate surface area is 134 Å². The molecule has 10 heteroatoms. The first-order chi connectivity index (χ1) is 11.2. The van der Waals surface area contributed by atoms with E-state index in [9.17, 15) is 22.8 Å². The Bertz CT molecular complexity index is 771. The third-order valence-electron chi connectivity index (χ3n) is 2.92. The van der Waals surface area contributed by atoms with E-state index in [2.05, 4.69) is 15.2 Å². The normalized spacial score (nSPS) is 11.2. The van der Waals surface area contributed by atoms with Crippen molar-refractivity contribution in [3.63, 3.8) is 0 Å². The zero-order chi connectivity index (χ0) is 17.9. The first-order valence-corrected chi connectivity index (χ1v) is 6.60. The third kappa shape index (κ3) is 4.24. The van der Waals surface area contributed by atoms with Crippen molar-refractivity contribution in [2.24, 2.45) is 12.8 Å². The maximum atomic E-state index is 12.2. The number of rotatable bonds is 5. The number of nitrogens with one attached hydrogen (secondary N) is 1. The van der Waals surface area contributed by atoms with Gasteiger partial charge in [0.25, 0.3) is 11.8 Å². The number of aromatic nitrogens is 2. The van der Waals surface area contributed by atoms with Gasteiger partial charge in [-0.15, -0.1) is 0 Å². The number of nitrogens with zero attached hydrogens (tertiary/aromatic N) is 2. The van der Waals surface area contributed by atoms with E-state index in [1.807, 2.05) is 0 Å². The summed E-state index contributed by atoms with van der Waals surface area (Å²) in [5.74, 6) is -1.54. The van der Waals surface area contributed by atoms with E-state index in [4.69, 9.17) is 5.73 Å². The molecule has 0 saturated heterocycles. The van der Waals surface area contributed by atoms with Gasteiger partial charge >= 0.3 is 6.18 Å². The molecule has 0 fully saturated rings. The van der Waals surface area contributed by atoms with Crippen LogP contribution in [0.2, 0.25) is 0 Å². The number of aryl methyl sites for hydroxylation is 1. The van der Waals surface area contributed by atoms with Crippen molar-refractivity contribution in [3.8, 4) is 5.75 Å². The lowest BCUT2D eigenvalue weighted by molar-refractivity contribution is -0.153. The van der Waals surface area contributed by atoms with Crippen molar-refractivity contribution >= 4 is 17.5 Å². The van der Waals surface area contributed by atoms with Crippen LogP contribution in [0.5, 0.6) is 5.75 Å². The summed E-state index contributed by atoms with van der Waals surface area (Å²) in [5.41, 5.74) is 5.34. The molecule has 3 N–H and O–H groups in total. The van der Waals surface area contributed by atoms with Crippen molar-refractivity contribution in [3.05, 3.63) is 41.7 Å². The average Bonchev–Trinajstić information content (AvgIpc) is 2.85. The van der Waals surface area contributed by atoms with E-state index in [1.54, 1.807) is 0 Å². The predicted octanol–water partition coefficient (Wildman–Crippen LogP) is 1.71. The molecule has 2 aromatic rings. The van der Waals surface area contributed by atoms with Crippen LogP contribution in [0.4, 0.5) is 18.9 Å². The number of hydrogen-bond acceptors (Lipinski definition) is 4. The fourth-order valence-corrected chi connectivity index (χ4v) is 1.91. The second-order valence-electron chi connectivity index (χ2n) is 4.78. The molecule has 1 aromatic carbocycles. The Morgan fingerprint density at radius 2 is 2.08 bits per heavy atom. The molecule has 0 aliphatic heterocycles. The molecule has 24 heavy (non-hydrogen) atoms. The van der Waals surface area contributed by atoms with Crippen molar-refractivity contribution in [1.29, 1.82) is 0 Å². The Morgan fingerprint density at radius 1 is 1.38 bits per heavy atom. The summed E-state index contributed by atoms with van der Waals surface area (Å²) in [6, 6.07) is 5.21. The summed E-state index contributed by atoms with van der Waals surface area (Å²) in [7, 11) is 1.47. The number of anilines is 1. The molecule has 2 rings (SSSR count). The van der Waals surface area contributed by atoms with Gasteiger partial charge in [-0.2, -0.15) is 18.3 Å². The first-order valence-electron chi connectivity index (χ1n) is 6.60. The number of carbonyl (C=O) groups excluding carboxylic acids is 2. The lowest BCUT2D eigenvalue weighted by atomic mass is 10.2. The summed E-state index contributed by atoms with van der Waals surface area (Å²) in [6.07, 6.45) is -3.24. The number of amides is 2. The smallest absolute Gasteiger partial charge is 0.422 e. The van der Waals surface area contributed by atoms with Gasteiger partial charge in [0.15, 0.2) is 6.61 Å². The lowest BCUT2D eigenvalue weighted by Crippen LogP contribution is -2.20. The second-order valence-corrected chi connectivity index (χ2v) is 4.78. The molecule has 0 spiro atoms. The molecule has 1 aromatic heterocycles. The topological polar surface area (TPSA) is 99.2 Å². The van der Waals surface area contributed by atoms with Gasteiger partial charge in [0.05, 0.1) is 11.9 Å².